The van der Waals surface area contributed by atoms with E-state index >= 15 is 0 Å². The molecule has 7 heteroatoms. The minimum atomic E-state index is -0.0315. The summed E-state index contributed by atoms with van der Waals surface area (Å²) >= 11 is 0. The third kappa shape index (κ3) is 5.29. The van der Waals surface area contributed by atoms with Crippen molar-refractivity contribution in [2.45, 2.75) is 58.0 Å². The molecule has 0 aliphatic heterocycles. The molecule has 0 saturated heterocycles. The molecular formula is C21H34N6O. The minimum absolute atomic E-state index is 0.0315. The Hall–Kier alpha value is -1.99. The van der Waals surface area contributed by atoms with Crippen molar-refractivity contribution in [2.24, 2.45) is 17.6 Å². The zero-order valence-corrected chi connectivity index (χ0v) is 17.2. The molecule has 1 heterocycles. The van der Waals surface area contributed by atoms with Gasteiger partial charge in [-0.1, -0.05) is 31.9 Å². The lowest BCUT2D eigenvalue weighted by Crippen LogP contribution is -2.33. The van der Waals surface area contributed by atoms with Gasteiger partial charge in [0.2, 0.25) is 0 Å². The van der Waals surface area contributed by atoms with E-state index in [9.17, 15) is 0 Å². The quantitative estimate of drug-likeness (QED) is 0.652. The number of methoxy groups -OCH3 is 1. The van der Waals surface area contributed by atoms with Gasteiger partial charge in [0, 0.05) is 6.54 Å². The van der Waals surface area contributed by atoms with Crippen molar-refractivity contribution in [1.82, 2.24) is 25.5 Å². The summed E-state index contributed by atoms with van der Waals surface area (Å²) in [5.41, 5.74) is 7.07. The first-order chi connectivity index (χ1) is 13.7. The van der Waals surface area contributed by atoms with E-state index in [0.717, 1.165) is 49.6 Å². The normalized spacial score (nSPS) is 20.8. The molecule has 3 rings (SSSR count). The first kappa shape index (κ1) is 20.7. The van der Waals surface area contributed by atoms with Crippen molar-refractivity contribution < 1.29 is 4.74 Å². The topological polar surface area (TPSA) is 90.9 Å². The third-order valence-electron chi connectivity index (χ3n) is 5.83. The first-order valence-electron chi connectivity index (χ1n) is 10.6. The summed E-state index contributed by atoms with van der Waals surface area (Å²) in [4.78, 5) is 0. The van der Waals surface area contributed by atoms with Crippen molar-refractivity contribution >= 4 is 0 Å². The highest BCUT2D eigenvalue weighted by molar-refractivity contribution is 5.31. The molecule has 2 aromatic rings. The van der Waals surface area contributed by atoms with E-state index in [4.69, 9.17) is 10.5 Å². The summed E-state index contributed by atoms with van der Waals surface area (Å²) in [6, 6.07) is 8.15. The van der Waals surface area contributed by atoms with Crippen LogP contribution in [0.3, 0.4) is 0 Å². The average Bonchev–Trinajstić information content (AvgIpc) is 3.21. The fraction of sp³-hybridized carbons (Fsp3) is 0.667. The number of hydrogen-bond donors (Lipinski definition) is 2. The summed E-state index contributed by atoms with van der Waals surface area (Å²) in [6.07, 6.45) is 7.19. The minimum Gasteiger partial charge on any atom is -0.497 e. The van der Waals surface area contributed by atoms with Gasteiger partial charge in [-0.05, 0) is 78.7 Å². The number of ether oxygens (including phenoxy) is 1. The Labute approximate surface area is 168 Å². The SMILES string of the molecule is CCCCn1nnnc1C(NCC1CCCC(CN)C1)c1ccc(OC)cc1. The maximum atomic E-state index is 5.92. The number of unbranched alkanes of at least 4 members (excludes halogenated alkanes) is 1. The molecule has 0 amide bonds. The molecule has 7 nitrogen and oxygen atoms in total. The van der Waals surface area contributed by atoms with Crippen molar-refractivity contribution in [2.75, 3.05) is 20.2 Å². The van der Waals surface area contributed by atoms with E-state index < -0.39 is 0 Å². The molecular weight excluding hydrogens is 352 g/mol. The summed E-state index contributed by atoms with van der Waals surface area (Å²) in [5.74, 6) is 3.05. The molecule has 28 heavy (non-hydrogen) atoms. The zero-order chi connectivity index (χ0) is 19.8. The number of tetrazole rings is 1. The maximum absolute atomic E-state index is 5.92. The Morgan fingerprint density at radius 1 is 1.25 bits per heavy atom. The second-order valence-electron chi connectivity index (χ2n) is 7.86. The fourth-order valence-electron chi connectivity index (χ4n) is 4.13. The Bertz CT molecular complexity index is 701. The molecule has 0 bridgehead atoms. The Balaban J connectivity index is 1.77. The number of aromatic nitrogens is 4. The lowest BCUT2D eigenvalue weighted by Gasteiger charge is -2.30. The largest absolute Gasteiger partial charge is 0.497 e. The van der Waals surface area contributed by atoms with Crippen LogP contribution in [0, 0.1) is 11.8 Å². The van der Waals surface area contributed by atoms with E-state index in [1.807, 2.05) is 16.8 Å². The van der Waals surface area contributed by atoms with Crippen LogP contribution in [0.1, 0.15) is 62.9 Å². The number of nitrogens with two attached hydrogens (primary N) is 1. The van der Waals surface area contributed by atoms with Crippen molar-refractivity contribution in [1.29, 1.82) is 0 Å². The van der Waals surface area contributed by atoms with Gasteiger partial charge in [-0.2, -0.15) is 0 Å². The molecule has 0 spiro atoms. The average molecular weight is 387 g/mol. The van der Waals surface area contributed by atoms with Gasteiger partial charge in [-0.25, -0.2) is 4.68 Å². The van der Waals surface area contributed by atoms with Gasteiger partial charge >= 0.3 is 0 Å². The van der Waals surface area contributed by atoms with Gasteiger partial charge in [-0.15, -0.1) is 5.10 Å². The molecule has 154 valence electrons. The van der Waals surface area contributed by atoms with Gasteiger partial charge in [0.25, 0.3) is 0 Å². The third-order valence-corrected chi connectivity index (χ3v) is 5.83. The molecule has 1 aliphatic rings. The van der Waals surface area contributed by atoms with Crippen LogP contribution in [-0.2, 0) is 6.54 Å². The van der Waals surface area contributed by atoms with E-state index in [1.54, 1.807) is 7.11 Å². The van der Waals surface area contributed by atoms with Gasteiger partial charge in [-0.3, -0.25) is 0 Å². The highest BCUT2D eigenvalue weighted by Crippen LogP contribution is 2.29. The predicted octanol–water partition coefficient (Wildman–Crippen LogP) is 2.93. The van der Waals surface area contributed by atoms with Crippen LogP contribution >= 0.6 is 0 Å². The van der Waals surface area contributed by atoms with Gasteiger partial charge in [0.05, 0.1) is 13.2 Å². The van der Waals surface area contributed by atoms with E-state index in [-0.39, 0.29) is 6.04 Å². The highest BCUT2D eigenvalue weighted by atomic mass is 16.5. The molecule has 1 aromatic heterocycles. The van der Waals surface area contributed by atoms with E-state index in [2.05, 4.69) is 39.9 Å². The molecule has 1 aromatic carbocycles. The van der Waals surface area contributed by atoms with Crippen LogP contribution in [0.4, 0.5) is 0 Å². The first-order valence-corrected chi connectivity index (χ1v) is 10.6. The standard InChI is InChI=1S/C21H34N6O/c1-3-4-12-27-21(24-25-26-27)20(18-8-10-19(28-2)11-9-18)23-15-17-7-5-6-16(13-17)14-22/h8-11,16-17,20,23H,3-7,12-15,22H2,1-2H3. The zero-order valence-electron chi connectivity index (χ0n) is 17.2. The monoisotopic (exact) mass is 386 g/mol. The number of nitrogens with zero attached hydrogens (tertiary/aromatic N) is 4. The van der Waals surface area contributed by atoms with Crippen LogP contribution < -0.4 is 15.8 Å². The highest BCUT2D eigenvalue weighted by Gasteiger charge is 2.25. The van der Waals surface area contributed by atoms with Crippen LogP contribution in [0.15, 0.2) is 24.3 Å². The van der Waals surface area contributed by atoms with E-state index in [0.29, 0.717) is 11.8 Å². The second kappa shape index (κ2) is 10.5. The second-order valence-corrected chi connectivity index (χ2v) is 7.86. The van der Waals surface area contributed by atoms with Crippen LogP contribution in [0.2, 0.25) is 0 Å². The van der Waals surface area contributed by atoms with Gasteiger partial charge < -0.3 is 15.8 Å². The smallest absolute Gasteiger partial charge is 0.172 e. The number of nitrogens with one attached hydrogen (secondary N) is 1. The maximum Gasteiger partial charge on any atom is 0.172 e. The molecule has 3 atom stereocenters. The molecule has 3 unspecified atom stereocenters. The number of benzene rings is 1. The van der Waals surface area contributed by atoms with Crippen LogP contribution in [-0.4, -0.2) is 40.4 Å². The Kier molecular flexibility index (Phi) is 7.80. The lowest BCUT2D eigenvalue weighted by atomic mass is 9.81. The van der Waals surface area contributed by atoms with Crippen LogP contribution in [0.5, 0.6) is 5.75 Å². The summed E-state index contributed by atoms with van der Waals surface area (Å²) in [6.45, 7) is 4.77. The number of aryl methyl sites for hydroxylation is 1. The lowest BCUT2D eigenvalue weighted by molar-refractivity contribution is 0.259. The van der Waals surface area contributed by atoms with Crippen molar-refractivity contribution in [3.8, 4) is 5.75 Å². The summed E-state index contributed by atoms with van der Waals surface area (Å²) in [7, 11) is 1.69. The van der Waals surface area contributed by atoms with Gasteiger partial charge in [0.1, 0.15) is 5.75 Å². The number of rotatable bonds is 10. The summed E-state index contributed by atoms with van der Waals surface area (Å²) in [5, 5.41) is 16.3. The molecule has 1 saturated carbocycles. The molecule has 3 N–H and O–H groups in total. The number of hydrogen-bond acceptors (Lipinski definition) is 6. The molecule has 0 radical (unpaired) electrons. The van der Waals surface area contributed by atoms with Gasteiger partial charge in [0.15, 0.2) is 5.82 Å². The molecule has 1 fully saturated rings. The van der Waals surface area contributed by atoms with Crippen molar-refractivity contribution in [3.63, 3.8) is 0 Å². The Morgan fingerprint density at radius 2 is 2.04 bits per heavy atom. The fourth-order valence-corrected chi connectivity index (χ4v) is 4.13. The Morgan fingerprint density at radius 3 is 2.75 bits per heavy atom. The van der Waals surface area contributed by atoms with Crippen molar-refractivity contribution in [3.05, 3.63) is 35.7 Å². The van der Waals surface area contributed by atoms with E-state index in [1.165, 1.54) is 25.7 Å². The summed E-state index contributed by atoms with van der Waals surface area (Å²) < 4.78 is 7.26. The molecule has 1 aliphatic carbocycles. The van der Waals surface area contributed by atoms with Crippen LogP contribution in [0.25, 0.3) is 0 Å². The predicted molar refractivity (Wildman–Crippen MR) is 110 cm³/mol.